The molecule has 1 aromatic rings. The minimum atomic E-state index is -1.25. The molecule has 6 amide bonds. The monoisotopic (exact) mass is 818 g/mol. The van der Waals surface area contributed by atoms with Crippen LogP contribution in [0, 0.1) is 11.8 Å². The van der Waals surface area contributed by atoms with Crippen molar-refractivity contribution in [2.24, 2.45) is 11.8 Å². The van der Waals surface area contributed by atoms with E-state index in [9.17, 15) is 38.7 Å². The summed E-state index contributed by atoms with van der Waals surface area (Å²) in [6.45, 7) is 5.33. The van der Waals surface area contributed by atoms with Crippen LogP contribution in [0.4, 0.5) is 4.79 Å². The number of Topliss-reactive ketones (excluding diaryl/α,β-unsaturated/α-hetero) is 1. The average molecular weight is 819 g/mol. The van der Waals surface area contributed by atoms with Crippen molar-refractivity contribution in [1.82, 2.24) is 31.1 Å². The molecule has 17 heteroatoms. The molecular weight excluding hydrogens is 761 g/mol. The van der Waals surface area contributed by atoms with Crippen molar-refractivity contribution in [2.45, 2.75) is 106 Å². The molecular formula is C39H58N6O9S2. The summed E-state index contributed by atoms with van der Waals surface area (Å²) in [6.07, 6.45) is 4.38. The number of benzene rings is 1. The molecule has 1 spiro atoms. The first kappa shape index (κ1) is 44.9. The van der Waals surface area contributed by atoms with Gasteiger partial charge in [0.2, 0.25) is 29.4 Å². The Kier molecular flexibility index (Phi) is 16.9. The summed E-state index contributed by atoms with van der Waals surface area (Å²) in [4.78, 5) is 97.1. The predicted octanol–water partition coefficient (Wildman–Crippen LogP) is 2.37. The zero-order valence-corrected chi connectivity index (χ0v) is 34.7. The number of likely N-dealkylation sites (N-methyl/N-ethyl adjacent to an activating group) is 1. The lowest BCUT2D eigenvalue weighted by atomic mass is 9.83. The second-order valence-corrected chi connectivity index (χ2v) is 18.7. The number of aliphatic hydroxyl groups excluding tert-OH is 1. The number of aliphatic hydroxyl groups is 1. The van der Waals surface area contributed by atoms with Gasteiger partial charge in [-0.2, -0.15) is 0 Å². The van der Waals surface area contributed by atoms with E-state index in [1.54, 1.807) is 63.1 Å². The van der Waals surface area contributed by atoms with Crippen molar-refractivity contribution in [2.75, 3.05) is 46.2 Å². The number of thioether (sulfide) groups is 2. The smallest absolute Gasteiger partial charge is 0.407 e. The summed E-state index contributed by atoms with van der Waals surface area (Å²) < 4.78 is 4.81. The third-order valence-electron chi connectivity index (χ3n) is 10.2. The van der Waals surface area contributed by atoms with Gasteiger partial charge in [0.25, 0.3) is 5.91 Å². The zero-order valence-electron chi connectivity index (χ0n) is 33.0. The molecule has 15 nitrogen and oxygen atoms in total. The van der Waals surface area contributed by atoms with Crippen LogP contribution in [0.2, 0.25) is 0 Å². The molecule has 3 fully saturated rings. The Labute approximate surface area is 337 Å². The highest BCUT2D eigenvalue weighted by atomic mass is 32.2. The highest BCUT2D eigenvalue weighted by molar-refractivity contribution is 8.21. The van der Waals surface area contributed by atoms with Gasteiger partial charge in [-0.3, -0.25) is 28.8 Å². The number of nitrogens with zero attached hydrogens (tertiary/aromatic N) is 2. The van der Waals surface area contributed by atoms with Crippen molar-refractivity contribution in [3.8, 4) is 0 Å². The first-order valence-corrected chi connectivity index (χ1v) is 21.4. The number of nitrogens with one attached hydrogen (secondary N) is 4. The highest BCUT2D eigenvalue weighted by Gasteiger charge is 2.55. The molecule has 1 saturated carbocycles. The number of carbonyl (C=O) groups excluding carboxylic acids is 7. The number of hydrogen-bond acceptors (Lipinski definition) is 11. The van der Waals surface area contributed by atoms with E-state index in [0.717, 1.165) is 32.1 Å². The highest BCUT2D eigenvalue weighted by Crippen LogP contribution is 2.55. The topological polar surface area (TPSA) is 204 Å². The molecule has 6 atom stereocenters. The van der Waals surface area contributed by atoms with Gasteiger partial charge in [0.15, 0.2) is 0 Å². The first-order chi connectivity index (χ1) is 26.7. The fourth-order valence-corrected chi connectivity index (χ4v) is 10.9. The summed E-state index contributed by atoms with van der Waals surface area (Å²) in [5.74, 6) is -3.57. The summed E-state index contributed by atoms with van der Waals surface area (Å²) in [5, 5.41) is 20.4. The van der Waals surface area contributed by atoms with Crippen LogP contribution in [0.5, 0.6) is 0 Å². The SMILES string of the molecule is CCCC(NC(=O)[C@@H]1CC2(CN1C(=O)C(NC(=O)OCC(C)C)C1CCCCC1)SCC(CO)S2)C(=O)C(=O)NCC(=O)NC(C(=O)N(C)C)c1ccccc1. The van der Waals surface area contributed by atoms with Crippen LogP contribution < -0.4 is 21.3 Å². The van der Waals surface area contributed by atoms with E-state index in [4.69, 9.17) is 4.74 Å². The van der Waals surface area contributed by atoms with Gasteiger partial charge in [-0.1, -0.05) is 76.8 Å². The number of hydrogen-bond donors (Lipinski definition) is 5. The number of rotatable bonds is 17. The standard InChI is InChI=1S/C39H58N6O9S2/c1-6-13-28(33(48)35(50)40-19-30(47)42-31(36(51)44(4)5)25-14-9-7-10-15-25)41-34(49)29-18-39(55-22-27(20-46)56-39)23-45(29)37(52)32(26-16-11-8-12-17-26)43-38(53)54-21-24(2)3/h7,9-10,14-15,24,26-29,31-32,46H,6,8,11-13,16-23H2,1-5H3,(H,40,50)(H,41,49)(H,42,47)(H,43,53)/t27?,28?,29-,31?,32?,39?/m0/s1. The van der Waals surface area contributed by atoms with Crippen LogP contribution >= 0.6 is 23.5 Å². The maximum atomic E-state index is 14.6. The number of ether oxygens (including phenoxy) is 1. The number of alkyl carbamates (subject to hydrolysis) is 1. The summed E-state index contributed by atoms with van der Waals surface area (Å²) in [6, 6.07) is 4.41. The van der Waals surface area contributed by atoms with Gasteiger partial charge >= 0.3 is 6.09 Å². The third-order valence-corrected chi connectivity index (χ3v) is 13.8. The van der Waals surface area contributed by atoms with E-state index in [2.05, 4.69) is 21.3 Å². The molecule has 5 unspecified atom stereocenters. The van der Waals surface area contributed by atoms with Gasteiger partial charge in [-0.15, -0.1) is 23.5 Å². The summed E-state index contributed by atoms with van der Waals surface area (Å²) in [5.41, 5.74) is 0.544. The van der Waals surface area contributed by atoms with Crippen LogP contribution in [0.15, 0.2) is 30.3 Å². The average Bonchev–Trinajstić information content (AvgIpc) is 3.79. The molecule has 4 rings (SSSR count). The van der Waals surface area contributed by atoms with E-state index in [0.29, 0.717) is 17.7 Å². The molecule has 310 valence electrons. The number of ketones is 1. The molecule has 1 aliphatic carbocycles. The van der Waals surface area contributed by atoms with Crippen molar-refractivity contribution < 1.29 is 43.4 Å². The molecule has 0 aromatic heterocycles. The zero-order chi connectivity index (χ0) is 41.0. The molecule has 0 radical (unpaired) electrons. The van der Waals surface area contributed by atoms with Gasteiger partial charge in [-0.25, -0.2) is 4.79 Å². The fourth-order valence-electron chi connectivity index (χ4n) is 7.27. The molecule has 2 heterocycles. The third kappa shape index (κ3) is 12.1. The van der Waals surface area contributed by atoms with Crippen LogP contribution in [0.25, 0.3) is 0 Å². The Balaban J connectivity index is 1.49. The van der Waals surface area contributed by atoms with Crippen LogP contribution in [-0.4, -0.2) is 130 Å². The van der Waals surface area contributed by atoms with Crippen LogP contribution in [0.1, 0.15) is 83.7 Å². The van der Waals surface area contributed by atoms with Crippen molar-refractivity contribution >= 4 is 64.9 Å². The van der Waals surface area contributed by atoms with E-state index in [-0.39, 0.29) is 55.6 Å². The van der Waals surface area contributed by atoms with Crippen molar-refractivity contribution in [1.29, 1.82) is 0 Å². The van der Waals surface area contributed by atoms with Gasteiger partial charge in [-0.05, 0) is 36.7 Å². The van der Waals surface area contributed by atoms with E-state index in [1.165, 1.54) is 21.6 Å². The van der Waals surface area contributed by atoms with Gasteiger partial charge in [0.1, 0.15) is 18.1 Å². The summed E-state index contributed by atoms with van der Waals surface area (Å²) >= 11 is 3.10. The Morgan fingerprint density at radius 3 is 2.30 bits per heavy atom. The molecule has 0 bridgehead atoms. The lowest BCUT2D eigenvalue weighted by Gasteiger charge is -2.34. The lowest BCUT2D eigenvalue weighted by molar-refractivity contribution is -0.143. The van der Waals surface area contributed by atoms with E-state index >= 15 is 0 Å². The van der Waals surface area contributed by atoms with Gasteiger partial charge in [0.05, 0.1) is 29.9 Å². The quantitative estimate of drug-likeness (QED) is 0.145. The Morgan fingerprint density at radius 2 is 1.70 bits per heavy atom. The predicted molar refractivity (Wildman–Crippen MR) is 214 cm³/mol. The normalized spacial score (nSPS) is 22.5. The molecule has 5 N–H and O–H groups in total. The number of likely N-dealkylation sites (tertiary alicyclic amines) is 1. The van der Waals surface area contributed by atoms with E-state index < -0.39 is 70.3 Å². The lowest BCUT2D eigenvalue weighted by Crippen LogP contribution is -2.58. The second-order valence-electron chi connectivity index (χ2n) is 15.4. The molecule has 2 aliphatic heterocycles. The number of carbonyl (C=O) groups is 7. The minimum absolute atomic E-state index is 0.0583. The minimum Gasteiger partial charge on any atom is -0.449 e. The van der Waals surface area contributed by atoms with Gasteiger partial charge < -0.3 is 40.9 Å². The Bertz CT molecular complexity index is 1560. The van der Waals surface area contributed by atoms with Crippen LogP contribution in [0.3, 0.4) is 0 Å². The molecule has 2 saturated heterocycles. The maximum Gasteiger partial charge on any atom is 0.407 e. The molecule has 56 heavy (non-hydrogen) atoms. The fraction of sp³-hybridized carbons (Fsp3) is 0.667. The molecule has 3 aliphatic rings. The maximum absolute atomic E-state index is 14.6. The first-order valence-electron chi connectivity index (χ1n) is 19.5. The Hall–Kier alpha value is -3.83. The second kappa shape index (κ2) is 21.1. The largest absolute Gasteiger partial charge is 0.449 e. The molecule has 1 aromatic carbocycles. The van der Waals surface area contributed by atoms with Crippen molar-refractivity contribution in [3.05, 3.63) is 35.9 Å². The van der Waals surface area contributed by atoms with Crippen molar-refractivity contribution in [3.63, 3.8) is 0 Å². The van der Waals surface area contributed by atoms with Gasteiger partial charge in [0, 0.05) is 38.1 Å². The Morgan fingerprint density at radius 1 is 1.00 bits per heavy atom. The van der Waals surface area contributed by atoms with Crippen LogP contribution in [-0.2, 0) is 33.5 Å². The number of amides is 6. The van der Waals surface area contributed by atoms with E-state index in [1.807, 2.05) is 13.8 Å². The summed E-state index contributed by atoms with van der Waals surface area (Å²) in [7, 11) is 3.11.